The number of halogens is 2. The molecule has 32 heavy (non-hydrogen) atoms. The number of hydrogen-bond donors (Lipinski definition) is 1. The third-order valence-electron chi connectivity index (χ3n) is 5.99. The maximum atomic E-state index is 12.8. The Labute approximate surface area is 184 Å². The van der Waals surface area contributed by atoms with Crippen LogP contribution in [0, 0.1) is 0 Å². The molecule has 0 unspecified atom stereocenters. The molecule has 0 aromatic heterocycles. The largest absolute Gasteiger partial charge is 0.380 e. The van der Waals surface area contributed by atoms with Gasteiger partial charge in [0.1, 0.15) is 5.60 Å². The molecule has 1 saturated carbocycles. The highest BCUT2D eigenvalue weighted by Gasteiger charge is 2.50. The molecule has 1 aliphatic carbocycles. The summed E-state index contributed by atoms with van der Waals surface area (Å²) in [4.78, 5) is 39.7. The van der Waals surface area contributed by atoms with E-state index in [9.17, 15) is 28.3 Å². The summed E-state index contributed by atoms with van der Waals surface area (Å²) in [5.74, 6) is -1.49. The van der Waals surface area contributed by atoms with Crippen LogP contribution < -0.4 is 0 Å². The standard InChI is InChI=1S/C24H24F2N2O4/c25-21(26)20(29)15-16-2-1-3-19(14-16)17-4-6-18(7-5-17)22(30)27-10-12-28(13-11-27)23(31)24(32)8-9-24/h1-7,14,21,32H,8-13,15H2. The number of Topliss-reactive ketones (excluding diaryl/α,β-unsaturated/α-hetero) is 1. The Morgan fingerprint density at radius 1 is 0.906 bits per heavy atom. The second kappa shape index (κ2) is 8.78. The van der Waals surface area contributed by atoms with Gasteiger partial charge in [-0.1, -0.05) is 36.4 Å². The Hall–Kier alpha value is -3.13. The quantitative estimate of drug-likeness (QED) is 0.746. The summed E-state index contributed by atoms with van der Waals surface area (Å²) >= 11 is 0. The van der Waals surface area contributed by atoms with Crippen LogP contribution in [-0.4, -0.2) is 70.7 Å². The predicted molar refractivity (Wildman–Crippen MR) is 113 cm³/mol. The van der Waals surface area contributed by atoms with Gasteiger partial charge in [-0.15, -0.1) is 0 Å². The molecule has 0 radical (unpaired) electrons. The first-order valence-corrected chi connectivity index (χ1v) is 10.6. The van der Waals surface area contributed by atoms with Gasteiger partial charge in [-0.25, -0.2) is 8.78 Å². The smallest absolute Gasteiger partial charge is 0.296 e. The van der Waals surface area contributed by atoms with Gasteiger partial charge < -0.3 is 14.9 Å². The lowest BCUT2D eigenvalue weighted by Crippen LogP contribution is -2.53. The fraction of sp³-hybridized carbons (Fsp3) is 0.375. The number of ketones is 1. The Kier molecular flexibility index (Phi) is 6.06. The van der Waals surface area contributed by atoms with E-state index in [0.717, 1.165) is 11.1 Å². The molecule has 8 heteroatoms. The average molecular weight is 442 g/mol. The van der Waals surface area contributed by atoms with Gasteiger partial charge in [-0.05, 0) is 41.7 Å². The molecule has 0 atom stereocenters. The number of benzene rings is 2. The molecule has 1 saturated heterocycles. The van der Waals surface area contributed by atoms with Crippen LogP contribution in [0.4, 0.5) is 8.78 Å². The first-order chi connectivity index (χ1) is 15.3. The van der Waals surface area contributed by atoms with Crippen LogP contribution in [0.1, 0.15) is 28.8 Å². The van der Waals surface area contributed by atoms with Crippen molar-refractivity contribution < 1.29 is 28.3 Å². The van der Waals surface area contributed by atoms with Gasteiger partial charge in [-0.3, -0.25) is 14.4 Å². The van der Waals surface area contributed by atoms with Crippen molar-refractivity contribution in [3.63, 3.8) is 0 Å². The Balaban J connectivity index is 1.38. The molecular formula is C24H24F2N2O4. The fourth-order valence-electron chi connectivity index (χ4n) is 3.87. The minimum absolute atomic E-state index is 0.134. The molecule has 0 bridgehead atoms. The van der Waals surface area contributed by atoms with Gasteiger partial charge in [0.25, 0.3) is 18.2 Å². The molecule has 1 aliphatic heterocycles. The zero-order valence-electron chi connectivity index (χ0n) is 17.5. The zero-order valence-corrected chi connectivity index (χ0v) is 17.5. The second-order valence-corrected chi connectivity index (χ2v) is 8.34. The summed E-state index contributed by atoms with van der Waals surface area (Å²) in [6.45, 7) is 1.61. The van der Waals surface area contributed by atoms with E-state index in [1.54, 1.807) is 52.3 Å². The number of rotatable bonds is 6. The number of alkyl halides is 2. The van der Waals surface area contributed by atoms with Gasteiger partial charge in [0.2, 0.25) is 5.78 Å². The number of nitrogens with zero attached hydrogens (tertiary/aromatic N) is 2. The van der Waals surface area contributed by atoms with Gasteiger partial charge in [0.05, 0.1) is 0 Å². The maximum Gasteiger partial charge on any atom is 0.296 e. The monoisotopic (exact) mass is 442 g/mol. The van der Waals surface area contributed by atoms with E-state index in [2.05, 4.69) is 0 Å². The molecule has 168 valence electrons. The minimum atomic E-state index is -2.98. The number of aliphatic hydroxyl groups is 1. The molecule has 1 heterocycles. The number of carbonyl (C=O) groups excluding carboxylic acids is 3. The molecule has 2 aromatic carbocycles. The summed E-state index contributed by atoms with van der Waals surface area (Å²) in [6, 6.07) is 13.8. The van der Waals surface area contributed by atoms with E-state index in [1.807, 2.05) is 6.07 Å². The molecule has 2 fully saturated rings. The van der Waals surface area contributed by atoms with Crippen molar-refractivity contribution in [2.24, 2.45) is 0 Å². The van der Waals surface area contributed by atoms with Crippen molar-refractivity contribution >= 4 is 17.6 Å². The predicted octanol–water partition coefficient (Wildman–Crippen LogP) is 2.54. The van der Waals surface area contributed by atoms with Crippen LogP contribution in [0.15, 0.2) is 48.5 Å². The van der Waals surface area contributed by atoms with Crippen LogP contribution in [0.3, 0.4) is 0 Å². The van der Waals surface area contributed by atoms with Crippen molar-refractivity contribution in [1.29, 1.82) is 0 Å². The second-order valence-electron chi connectivity index (χ2n) is 8.34. The van der Waals surface area contributed by atoms with Crippen LogP contribution in [0.25, 0.3) is 11.1 Å². The van der Waals surface area contributed by atoms with E-state index in [-0.39, 0.29) is 18.2 Å². The van der Waals surface area contributed by atoms with Crippen LogP contribution in [-0.2, 0) is 16.0 Å². The lowest BCUT2D eigenvalue weighted by atomic mass is 9.99. The maximum absolute atomic E-state index is 12.8. The first-order valence-electron chi connectivity index (χ1n) is 10.6. The lowest BCUT2D eigenvalue weighted by Gasteiger charge is -2.35. The highest BCUT2D eigenvalue weighted by molar-refractivity contribution is 5.95. The van der Waals surface area contributed by atoms with Gasteiger partial charge >= 0.3 is 0 Å². The molecule has 2 amide bonds. The molecule has 4 rings (SSSR count). The first kappa shape index (κ1) is 22.1. The Morgan fingerprint density at radius 2 is 1.53 bits per heavy atom. The Bertz CT molecular complexity index is 1030. The topological polar surface area (TPSA) is 77.9 Å². The lowest BCUT2D eigenvalue weighted by molar-refractivity contribution is -0.143. The van der Waals surface area contributed by atoms with Crippen molar-refractivity contribution in [3.05, 3.63) is 59.7 Å². The number of piperazine rings is 1. The number of hydrogen-bond acceptors (Lipinski definition) is 4. The van der Waals surface area contributed by atoms with Crippen LogP contribution in [0.2, 0.25) is 0 Å². The van der Waals surface area contributed by atoms with Crippen molar-refractivity contribution in [2.75, 3.05) is 26.2 Å². The molecule has 0 spiro atoms. The summed E-state index contributed by atoms with van der Waals surface area (Å²) in [5, 5.41) is 9.99. The van der Waals surface area contributed by atoms with Crippen molar-refractivity contribution in [1.82, 2.24) is 9.80 Å². The SMILES string of the molecule is O=C(Cc1cccc(-c2ccc(C(=O)N3CCN(C(=O)C4(O)CC4)CC3)cc2)c1)C(F)F. The van der Waals surface area contributed by atoms with E-state index >= 15 is 0 Å². The molecule has 2 aliphatic rings. The van der Waals surface area contributed by atoms with E-state index in [0.29, 0.717) is 50.1 Å². The Morgan fingerprint density at radius 3 is 2.12 bits per heavy atom. The van der Waals surface area contributed by atoms with Crippen LogP contribution in [0.5, 0.6) is 0 Å². The van der Waals surface area contributed by atoms with E-state index < -0.39 is 17.8 Å². The fourth-order valence-corrected chi connectivity index (χ4v) is 3.87. The summed E-state index contributed by atoms with van der Waals surface area (Å²) in [5.41, 5.74) is 1.41. The van der Waals surface area contributed by atoms with Crippen LogP contribution >= 0.6 is 0 Å². The summed E-state index contributed by atoms with van der Waals surface area (Å²) in [7, 11) is 0. The normalized spacial score (nSPS) is 17.4. The number of amides is 2. The molecule has 1 N–H and O–H groups in total. The van der Waals surface area contributed by atoms with Gasteiger partial charge in [-0.2, -0.15) is 0 Å². The highest BCUT2D eigenvalue weighted by atomic mass is 19.3. The third kappa shape index (κ3) is 4.70. The summed E-state index contributed by atoms with van der Waals surface area (Å²) < 4.78 is 25.0. The molecule has 2 aromatic rings. The average Bonchev–Trinajstić information content (AvgIpc) is 3.57. The van der Waals surface area contributed by atoms with Crippen molar-refractivity contribution in [3.8, 4) is 11.1 Å². The minimum Gasteiger partial charge on any atom is -0.380 e. The molecular weight excluding hydrogens is 418 g/mol. The van der Waals surface area contributed by atoms with Gasteiger partial charge in [0, 0.05) is 38.2 Å². The highest BCUT2D eigenvalue weighted by Crippen LogP contribution is 2.37. The van der Waals surface area contributed by atoms with E-state index in [4.69, 9.17) is 0 Å². The molecule has 6 nitrogen and oxygen atoms in total. The summed E-state index contributed by atoms with van der Waals surface area (Å²) in [6.07, 6.45) is -2.30. The third-order valence-corrected chi connectivity index (χ3v) is 5.99. The van der Waals surface area contributed by atoms with Gasteiger partial charge in [0.15, 0.2) is 0 Å². The van der Waals surface area contributed by atoms with Crippen molar-refractivity contribution in [2.45, 2.75) is 31.3 Å². The zero-order chi connectivity index (χ0) is 22.9. The number of carbonyl (C=O) groups is 3. The van der Waals surface area contributed by atoms with E-state index in [1.165, 1.54) is 0 Å².